The van der Waals surface area contributed by atoms with E-state index in [4.69, 9.17) is 0 Å². The minimum Gasteiger partial charge on any atom is -0.255 e. The molecule has 1 saturated carbocycles. The van der Waals surface area contributed by atoms with E-state index in [2.05, 4.69) is 16.9 Å². The van der Waals surface area contributed by atoms with Crippen LogP contribution in [0.25, 0.3) is 0 Å². The van der Waals surface area contributed by atoms with Gasteiger partial charge in [0, 0.05) is 0 Å². The summed E-state index contributed by atoms with van der Waals surface area (Å²) >= 11 is 0. The van der Waals surface area contributed by atoms with Crippen molar-refractivity contribution in [1.82, 2.24) is 9.97 Å². The number of hydrogen-bond donors (Lipinski definition) is 0. The zero-order valence-corrected chi connectivity index (χ0v) is 9.30. The van der Waals surface area contributed by atoms with Gasteiger partial charge in [-0.2, -0.15) is 0 Å². The lowest BCUT2D eigenvalue weighted by molar-refractivity contribution is 0.702. The first-order valence-electron chi connectivity index (χ1n) is 5.47. The van der Waals surface area contributed by atoms with Gasteiger partial charge >= 0.3 is 0 Å². The summed E-state index contributed by atoms with van der Waals surface area (Å²) in [5, 5.41) is 0. The van der Waals surface area contributed by atoms with Crippen molar-refractivity contribution in [3.8, 4) is 0 Å². The topological polar surface area (TPSA) is 25.8 Å². The Morgan fingerprint density at radius 3 is 2.29 bits per heavy atom. The molecule has 0 saturated heterocycles. The Morgan fingerprint density at radius 2 is 1.64 bits per heavy atom. The average molecular weight is 190 g/mol. The predicted molar refractivity (Wildman–Crippen MR) is 57.3 cm³/mol. The molecule has 2 heteroatoms. The van der Waals surface area contributed by atoms with Crippen molar-refractivity contribution in [3.63, 3.8) is 0 Å². The first-order valence-corrected chi connectivity index (χ1v) is 5.47. The molecule has 1 aliphatic carbocycles. The number of aromatic nitrogens is 2. The molecule has 0 spiro atoms. The molecule has 2 nitrogen and oxygen atoms in total. The van der Waals surface area contributed by atoms with Gasteiger partial charge in [-0.15, -0.1) is 0 Å². The van der Waals surface area contributed by atoms with E-state index in [1.807, 2.05) is 13.8 Å². The molecule has 1 heterocycles. The minimum atomic E-state index is 0.984. The normalized spacial score (nSPS) is 15.9. The molecule has 1 fully saturated rings. The molecule has 0 atom stereocenters. The molecular weight excluding hydrogens is 172 g/mol. The highest BCUT2D eigenvalue weighted by atomic mass is 14.8. The van der Waals surface area contributed by atoms with E-state index in [0.29, 0.717) is 0 Å². The van der Waals surface area contributed by atoms with Crippen LogP contribution in [-0.2, 0) is 6.42 Å². The van der Waals surface area contributed by atoms with Crippen LogP contribution in [0.15, 0.2) is 0 Å². The van der Waals surface area contributed by atoms with Crippen LogP contribution >= 0.6 is 0 Å². The quantitative estimate of drug-likeness (QED) is 0.732. The molecule has 14 heavy (non-hydrogen) atoms. The second kappa shape index (κ2) is 3.68. The number of nitrogens with zero attached hydrogens (tertiary/aromatic N) is 2. The van der Waals surface area contributed by atoms with Gasteiger partial charge in [-0.25, -0.2) is 0 Å². The van der Waals surface area contributed by atoms with Gasteiger partial charge < -0.3 is 0 Å². The number of rotatable bonds is 3. The van der Waals surface area contributed by atoms with Crippen molar-refractivity contribution < 1.29 is 0 Å². The Hall–Kier alpha value is -0.920. The van der Waals surface area contributed by atoms with Crippen molar-refractivity contribution in [1.29, 1.82) is 0 Å². The first-order chi connectivity index (χ1) is 6.66. The van der Waals surface area contributed by atoms with E-state index in [0.717, 1.165) is 29.4 Å². The van der Waals surface area contributed by atoms with Gasteiger partial charge in [0.15, 0.2) is 0 Å². The standard InChI is InChI=1S/C12H18N2/c1-8-9(2)14-12(10(3)13-8)7-6-11-4-5-11/h11H,4-7H2,1-3H3. The fourth-order valence-electron chi connectivity index (χ4n) is 1.75. The molecule has 0 unspecified atom stereocenters. The first kappa shape index (κ1) is 9.63. The lowest BCUT2D eigenvalue weighted by Crippen LogP contribution is -2.03. The van der Waals surface area contributed by atoms with Gasteiger partial charge in [0.05, 0.1) is 22.8 Å². The Labute approximate surface area is 85.8 Å². The summed E-state index contributed by atoms with van der Waals surface area (Å²) in [6, 6.07) is 0. The maximum Gasteiger partial charge on any atom is 0.0619 e. The highest BCUT2D eigenvalue weighted by molar-refractivity contribution is 5.18. The summed E-state index contributed by atoms with van der Waals surface area (Å²) in [7, 11) is 0. The van der Waals surface area contributed by atoms with Gasteiger partial charge in [0.2, 0.25) is 0 Å². The van der Waals surface area contributed by atoms with Crippen molar-refractivity contribution in [2.24, 2.45) is 5.92 Å². The van der Waals surface area contributed by atoms with E-state index in [1.165, 1.54) is 25.0 Å². The van der Waals surface area contributed by atoms with E-state index < -0.39 is 0 Å². The summed E-state index contributed by atoms with van der Waals surface area (Å²) < 4.78 is 0. The van der Waals surface area contributed by atoms with E-state index in [1.54, 1.807) is 0 Å². The highest BCUT2D eigenvalue weighted by Crippen LogP contribution is 2.33. The highest BCUT2D eigenvalue weighted by Gasteiger charge is 2.21. The van der Waals surface area contributed by atoms with Crippen LogP contribution in [0.2, 0.25) is 0 Å². The number of aryl methyl sites for hydroxylation is 4. The van der Waals surface area contributed by atoms with Crippen LogP contribution in [-0.4, -0.2) is 9.97 Å². The zero-order valence-electron chi connectivity index (χ0n) is 9.30. The maximum absolute atomic E-state index is 4.61. The largest absolute Gasteiger partial charge is 0.255 e. The zero-order chi connectivity index (χ0) is 10.1. The van der Waals surface area contributed by atoms with Crippen molar-refractivity contribution in [2.75, 3.05) is 0 Å². The van der Waals surface area contributed by atoms with E-state index in [9.17, 15) is 0 Å². The molecule has 1 aromatic rings. The molecule has 0 N–H and O–H groups in total. The minimum absolute atomic E-state index is 0.984. The van der Waals surface area contributed by atoms with Crippen LogP contribution in [0.3, 0.4) is 0 Å². The summed E-state index contributed by atoms with van der Waals surface area (Å²) in [6.07, 6.45) is 5.28. The second-order valence-electron chi connectivity index (χ2n) is 4.41. The van der Waals surface area contributed by atoms with Crippen molar-refractivity contribution in [2.45, 2.75) is 46.5 Å². The fraction of sp³-hybridized carbons (Fsp3) is 0.667. The molecule has 2 rings (SSSR count). The SMILES string of the molecule is Cc1nc(C)c(CCC2CC2)nc1C. The van der Waals surface area contributed by atoms with Crippen LogP contribution in [0.1, 0.15) is 42.0 Å². The van der Waals surface area contributed by atoms with Gasteiger partial charge in [-0.05, 0) is 39.5 Å². The predicted octanol–water partition coefficient (Wildman–Crippen LogP) is 2.74. The molecule has 1 aliphatic rings. The van der Waals surface area contributed by atoms with Gasteiger partial charge in [0.1, 0.15) is 0 Å². The summed E-state index contributed by atoms with van der Waals surface area (Å²) in [5.41, 5.74) is 4.48. The molecule has 0 aromatic carbocycles. The Bertz CT molecular complexity index is 340. The Balaban J connectivity index is 2.10. The second-order valence-corrected chi connectivity index (χ2v) is 4.41. The van der Waals surface area contributed by atoms with Crippen molar-refractivity contribution >= 4 is 0 Å². The summed E-state index contributed by atoms with van der Waals surface area (Å²) in [6.45, 7) is 6.14. The van der Waals surface area contributed by atoms with E-state index in [-0.39, 0.29) is 0 Å². The lowest BCUT2D eigenvalue weighted by atomic mass is 10.1. The van der Waals surface area contributed by atoms with Gasteiger partial charge in [-0.1, -0.05) is 12.8 Å². The molecule has 0 bridgehead atoms. The summed E-state index contributed by atoms with van der Waals surface area (Å²) in [5.74, 6) is 0.984. The Morgan fingerprint density at radius 1 is 1.00 bits per heavy atom. The molecule has 0 radical (unpaired) electrons. The fourth-order valence-corrected chi connectivity index (χ4v) is 1.75. The van der Waals surface area contributed by atoms with Crippen LogP contribution < -0.4 is 0 Å². The van der Waals surface area contributed by atoms with Crippen LogP contribution in [0, 0.1) is 26.7 Å². The third-order valence-electron chi connectivity index (χ3n) is 3.07. The average Bonchev–Trinajstić information content (AvgIpc) is 2.92. The van der Waals surface area contributed by atoms with E-state index >= 15 is 0 Å². The molecule has 1 aromatic heterocycles. The maximum atomic E-state index is 4.61. The third-order valence-corrected chi connectivity index (χ3v) is 3.07. The molecule has 0 amide bonds. The molecular formula is C12H18N2. The van der Waals surface area contributed by atoms with Gasteiger partial charge in [-0.3, -0.25) is 9.97 Å². The van der Waals surface area contributed by atoms with Crippen LogP contribution in [0.5, 0.6) is 0 Å². The summed E-state index contributed by atoms with van der Waals surface area (Å²) in [4.78, 5) is 9.12. The van der Waals surface area contributed by atoms with Crippen LogP contribution in [0.4, 0.5) is 0 Å². The molecule has 76 valence electrons. The van der Waals surface area contributed by atoms with Crippen molar-refractivity contribution in [3.05, 3.63) is 22.8 Å². The Kier molecular flexibility index (Phi) is 2.53. The lowest BCUT2D eigenvalue weighted by Gasteiger charge is -2.07. The number of hydrogen-bond acceptors (Lipinski definition) is 2. The molecule has 0 aliphatic heterocycles. The monoisotopic (exact) mass is 190 g/mol. The third kappa shape index (κ3) is 2.11. The van der Waals surface area contributed by atoms with Gasteiger partial charge in [0.25, 0.3) is 0 Å². The smallest absolute Gasteiger partial charge is 0.0619 e.